The fourth-order valence-electron chi connectivity index (χ4n) is 3.04. The Hall–Kier alpha value is -2.89. The van der Waals surface area contributed by atoms with Crippen molar-refractivity contribution in [3.05, 3.63) is 47.5 Å². The molecule has 1 heterocycles. The summed E-state index contributed by atoms with van der Waals surface area (Å²) in [4.78, 5) is 12.1. The van der Waals surface area contributed by atoms with E-state index in [-0.39, 0.29) is 12.7 Å². The van der Waals surface area contributed by atoms with Gasteiger partial charge in [0.05, 0.1) is 13.2 Å². The molecule has 2 aromatic rings. The van der Waals surface area contributed by atoms with Gasteiger partial charge in [-0.1, -0.05) is 12.1 Å². The zero-order valence-electron chi connectivity index (χ0n) is 16.5. The second-order valence-corrected chi connectivity index (χ2v) is 6.43. The minimum Gasteiger partial charge on any atom is -0.490 e. The summed E-state index contributed by atoms with van der Waals surface area (Å²) < 4.78 is 21.9. The molecule has 3 rings (SSSR count). The Morgan fingerprint density at radius 3 is 2.46 bits per heavy atom. The molecule has 0 fully saturated rings. The number of amides is 1. The molecule has 150 valence electrons. The van der Waals surface area contributed by atoms with Crippen molar-refractivity contribution in [2.45, 2.75) is 33.1 Å². The number of fused-ring (bicyclic) bond motifs is 1. The second-order valence-electron chi connectivity index (χ2n) is 6.43. The summed E-state index contributed by atoms with van der Waals surface area (Å²) >= 11 is 0. The molecule has 0 aliphatic carbocycles. The van der Waals surface area contributed by atoms with Gasteiger partial charge in [0.25, 0.3) is 0 Å². The lowest BCUT2D eigenvalue weighted by atomic mass is 10.1. The van der Waals surface area contributed by atoms with E-state index >= 15 is 0 Å². The van der Waals surface area contributed by atoms with E-state index in [1.165, 1.54) is 0 Å². The Kier molecular flexibility index (Phi) is 7.00. The number of carbonyl (C=O) groups excluding carboxylic acids is 1. The summed E-state index contributed by atoms with van der Waals surface area (Å²) in [6, 6.07) is 11.7. The van der Waals surface area contributed by atoms with E-state index in [9.17, 15) is 4.79 Å². The highest BCUT2D eigenvalue weighted by Crippen LogP contribution is 2.32. The summed E-state index contributed by atoms with van der Waals surface area (Å²) in [6.07, 6.45) is 1.84. The van der Waals surface area contributed by atoms with Gasteiger partial charge < -0.3 is 24.3 Å². The molecule has 0 saturated carbocycles. The number of hydrogen-bond donors (Lipinski definition) is 1. The van der Waals surface area contributed by atoms with Gasteiger partial charge in [0, 0.05) is 13.0 Å². The van der Waals surface area contributed by atoms with Crippen LogP contribution in [0.3, 0.4) is 0 Å². The summed E-state index contributed by atoms with van der Waals surface area (Å²) in [7, 11) is 0. The number of ether oxygens (including phenoxy) is 4. The molecule has 0 atom stereocenters. The molecule has 1 N–H and O–H groups in total. The third kappa shape index (κ3) is 5.31. The van der Waals surface area contributed by atoms with E-state index in [1.807, 2.05) is 50.2 Å². The van der Waals surface area contributed by atoms with Crippen LogP contribution in [0.1, 0.15) is 31.4 Å². The van der Waals surface area contributed by atoms with Crippen molar-refractivity contribution in [2.75, 3.05) is 26.6 Å². The molecule has 0 saturated heterocycles. The van der Waals surface area contributed by atoms with Crippen molar-refractivity contribution in [3.63, 3.8) is 0 Å². The van der Waals surface area contributed by atoms with Crippen LogP contribution in [0.2, 0.25) is 0 Å². The normalized spacial score (nSPS) is 11.9. The first-order valence-electron chi connectivity index (χ1n) is 9.73. The lowest BCUT2D eigenvalue weighted by Gasteiger charge is -2.12. The Morgan fingerprint density at radius 1 is 0.929 bits per heavy atom. The van der Waals surface area contributed by atoms with Crippen LogP contribution in [0.4, 0.5) is 0 Å². The monoisotopic (exact) mass is 385 g/mol. The van der Waals surface area contributed by atoms with Crippen LogP contribution in [0.15, 0.2) is 36.4 Å². The molecule has 0 bridgehead atoms. The van der Waals surface area contributed by atoms with Gasteiger partial charge >= 0.3 is 0 Å². The summed E-state index contributed by atoms with van der Waals surface area (Å²) in [5.41, 5.74) is 2.16. The number of nitrogens with one attached hydrogen (secondary N) is 1. The lowest BCUT2D eigenvalue weighted by molar-refractivity contribution is -0.121. The highest BCUT2D eigenvalue weighted by molar-refractivity contribution is 5.76. The quantitative estimate of drug-likeness (QED) is 0.678. The Bertz CT molecular complexity index is 806. The van der Waals surface area contributed by atoms with Gasteiger partial charge in [0.2, 0.25) is 12.7 Å². The topological polar surface area (TPSA) is 66.0 Å². The van der Waals surface area contributed by atoms with E-state index in [0.29, 0.717) is 32.6 Å². The van der Waals surface area contributed by atoms with Crippen LogP contribution in [-0.2, 0) is 17.6 Å². The maximum Gasteiger partial charge on any atom is 0.231 e. The van der Waals surface area contributed by atoms with Crippen molar-refractivity contribution >= 4 is 5.91 Å². The molecule has 28 heavy (non-hydrogen) atoms. The molecule has 0 unspecified atom stereocenters. The van der Waals surface area contributed by atoms with Gasteiger partial charge in [-0.3, -0.25) is 4.79 Å². The Morgan fingerprint density at radius 2 is 1.64 bits per heavy atom. The molecule has 0 radical (unpaired) electrons. The first-order valence-corrected chi connectivity index (χ1v) is 9.73. The molecule has 0 aromatic heterocycles. The summed E-state index contributed by atoms with van der Waals surface area (Å²) in [5, 5.41) is 2.98. The van der Waals surface area contributed by atoms with Crippen LogP contribution in [-0.4, -0.2) is 32.5 Å². The maximum atomic E-state index is 12.1. The van der Waals surface area contributed by atoms with Gasteiger partial charge in [-0.25, -0.2) is 0 Å². The fraction of sp³-hybridized carbons (Fsp3) is 0.409. The highest BCUT2D eigenvalue weighted by Gasteiger charge is 2.13. The van der Waals surface area contributed by atoms with Crippen molar-refractivity contribution < 1.29 is 23.7 Å². The first kappa shape index (κ1) is 19.9. The number of hydrogen-bond acceptors (Lipinski definition) is 5. The Balaban J connectivity index is 1.44. The molecule has 6 nitrogen and oxygen atoms in total. The second kappa shape index (κ2) is 9.88. The molecular weight excluding hydrogens is 358 g/mol. The van der Waals surface area contributed by atoms with Gasteiger partial charge in [-0.15, -0.1) is 0 Å². The number of rotatable bonds is 10. The highest BCUT2D eigenvalue weighted by atomic mass is 16.7. The number of aryl methyl sites for hydroxylation is 1. The molecular formula is C22H27NO5. The van der Waals surface area contributed by atoms with E-state index in [0.717, 1.165) is 40.5 Å². The smallest absolute Gasteiger partial charge is 0.231 e. The third-order valence-electron chi connectivity index (χ3n) is 4.42. The standard InChI is InChI=1S/C22H27NO5/c1-3-25-18-8-6-17(14-20(18)26-4-2)11-12-23-22(24)10-7-16-5-9-19-21(13-16)28-15-27-19/h5-6,8-9,13-14H,3-4,7,10-12,15H2,1-2H3,(H,23,24). The van der Waals surface area contributed by atoms with Crippen molar-refractivity contribution in [1.82, 2.24) is 5.32 Å². The van der Waals surface area contributed by atoms with Crippen molar-refractivity contribution in [2.24, 2.45) is 0 Å². The van der Waals surface area contributed by atoms with E-state index < -0.39 is 0 Å². The molecule has 1 amide bonds. The SMILES string of the molecule is CCOc1ccc(CCNC(=O)CCc2ccc3c(c2)OCO3)cc1OCC. The molecule has 0 spiro atoms. The van der Waals surface area contributed by atoms with Gasteiger partial charge in [0.1, 0.15) is 0 Å². The predicted octanol–water partition coefficient (Wildman–Crippen LogP) is 3.50. The predicted molar refractivity (Wildman–Crippen MR) is 106 cm³/mol. The molecule has 1 aliphatic rings. The van der Waals surface area contributed by atoms with Crippen LogP contribution in [0.5, 0.6) is 23.0 Å². The third-order valence-corrected chi connectivity index (χ3v) is 4.42. The van der Waals surface area contributed by atoms with Gasteiger partial charge in [-0.2, -0.15) is 0 Å². The molecule has 2 aromatic carbocycles. The Labute approximate surface area is 165 Å². The van der Waals surface area contributed by atoms with Crippen LogP contribution < -0.4 is 24.3 Å². The number of carbonyl (C=O) groups is 1. The fourth-order valence-corrected chi connectivity index (χ4v) is 3.04. The number of benzene rings is 2. The van der Waals surface area contributed by atoms with Crippen LogP contribution >= 0.6 is 0 Å². The first-order chi connectivity index (χ1) is 13.7. The van der Waals surface area contributed by atoms with E-state index in [4.69, 9.17) is 18.9 Å². The van der Waals surface area contributed by atoms with Crippen molar-refractivity contribution in [1.29, 1.82) is 0 Å². The average Bonchev–Trinajstić information content (AvgIpc) is 3.16. The summed E-state index contributed by atoms with van der Waals surface area (Å²) in [5.74, 6) is 3.04. The van der Waals surface area contributed by atoms with Crippen LogP contribution in [0.25, 0.3) is 0 Å². The van der Waals surface area contributed by atoms with Crippen molar-refractivity contribution in [3.8, 4) is 23.0 Å². The van der Waals surface area contributed by atoms with Crippen LogP contribution in [0, 0.1) is 0 Å². The van der Waals surface area contributed by atoms with Gasteiger partial charge in [0.15, 0.2) is 23.0 Å². The molecule has 1 aliphatic heterocycles. The maximum absolute atomic E-state index is 12.1. The zero-order chi connectivity index (χ0) is 19.8. The van der Waals surface area contributed by atoms with E-state index in [2.05, 4.69) is 5.32 Å². The largest absolute Gasteiger partial charge is 0.490 e. The van der Waals surface area contributed by atoms with E-state index in [1.54, 1.807) is 0 Å². The summed E-state index contributed by atoms with van der Waals surface area (Å²) in [6.45, 7) is 5.92. The van der Waals surface area contributed by atoms with Gasteiger partial charge in [-0.05, 0) is 62.1 Å². The lowest BCUT2D eigenvalue weighted by Crippen LogP contribution is -2.25. The average molecular weight is 385 g/mol. The molecule has 6 heteroatoms. The minimum absolute atomic E-state index is 0.0358. The minimum atomic E-state index is 0.0358. The zero-order valence-corrected chi connectivity index (χ0v) is 16.5.